The predicted molar refractivity (Wildman–Crippen MR) is 204 cm³/mol. The van der Waals surface area contributed by atoms with E-state index < -0.39 is 6.03 Å². The molecule has 4 heterocycles. The summed E-state index contributed by atoms with van der Waals surface area (Å²) in [6.45, 7) is 9.71. The van der Waals surface area contributed by atoms with Crippen LogP contribution in [0.4, 0.5) is 27.9 Å². The molecule has 0 unspecified atom stereocenters. The molecular formula is C40H41N9O4. The number of pyridine rings is 1. The lowest BCUT2D eigenvalue weighted by atomic mass is 9.92. The van der Waals surface area contributed by atoms with Crippen molar-refractivity contribution in [3.05, 3.63) is 120 Å². The van der Waals surface area contributed by atoms with Crippen molar-refractivity contribution in [2.45, 2.75) is 52.2 Å². The van der Waals surface area contributed by atoms with Gasteiger partial charge < -0.3 is 25.4 Å². The predicted octanol–water partition coefficient (Wildman–Crippen LogP) is 7.30. The van der Waals surface area contributed by atoms with Crippen molar-refractivity contribution in [1.82, 2.24) is 30.0 Å². The number of anilines is 4. The summed E-state index contributed by atoms with van der Waals surface area (Å²) < 4.78 is 13.4. The first-order valence-corrected chi connectivity index (χ1v) is 17.4. The van der Waals surface area contributed by atoms with Crippen molar-refractivity contribution in [1.29, 1.82) is 0 Å². The minimum atomic E-state index is -0.392. The topological polar surface area (TPSA) is 157 Å². The number of carbonyl (C=O) groups is 2. The van der Waals surface area contributed by atoms with Gasteiger partial charge in [-0.25, -0.2) is 24.4 Å². The van der Waals surface area contributed by atoms with Gasteiger partial charge in [-0.3, -0.25) is 10.1 Å². The van der Waals surface area contributed by atoms with Crippen LogP contribution in [0.3, 0.4) is 0 Å². The van der Waals surface area contributed by atoms with Crippen molar-refractivity contribution in [3.63, 3.8) is 0 Å². The van der Waals surface area contributed by atoms with Gasteiger partial charge in [0.2, 0.25) is 0 Å². The SMILES string of the molecule is Cc1ccc(-n2nc(C(C)(C)C)cc2NC(=O)Nc2ccc(OCc3ccnc(Nc4cnc(C(=O)N[C@@H]5CCOC5)cn4)c3)c3ccccc23)cc1. The summed E-state index contributed by atoms with van der Waals surface area (Å²) in [5.74, 6) is 1.94. The standard InChI is InChI=1S/C40H41N9O4/c1-25-9-11-28(12-10-25)49-37(20-34(48-49)40(2,3)4)47-39(51)45-31-13-14-33(30-8-6-5-7-29(30)31)53-23-26-15-17-41-35(19-26)46-36-22-42-32(21-43-36)38(50)44-27-16-18-52-24-27/h5-15,17,19-22,27H,16,18,23-24H2,1-4H3,(H,44,50)(H,41,43,46)(H2,45,47,51)/t27-/m1/s1. The largest absolute Gasteiger partial charge is 0.488 e. The highest BCUT2D eigenvalue weighted by Crippen LogP contribution is 2.33. The maximum absolute atomic E-state index is 13.5. The van der Waals surface area contributed by atoms with E-state index in [1.807, 2.05) is 85.8 Å². The van der Waals surface area contributed by atoms with Gasteiger partial charge in [-0.05, 0) is 55.3 Å². The summed E-state index contributed by atoms with van der Waals surface area (Å²) in [5, 5.41) is 18.6. The third-order valence-corrected chi connectivity index (χ3v) is 8.75. The van der Waals surface area contributed by atoms with Crippen LogP contribution in [0.5, 0.6) is 5.75 Å². The first-order valence-electron chi connectivity index (χ1n) is 17.4. The fraction of sp³-hybridized carbons (Fsp3) is 0.250. The maximum atomic E-state index is 13.5. The van der Waals surface area contributed by atoms with Gasteiger partial charge in [0.05, 0.1) is 42.1 Å². The summed E-state index contributed by atoms with van der Waals surface area (Å²) in [7, 11) is 0. The van der Waals surface area contributed by atoms with Gasteiger partial charge in [0.25, 0.3) is 5.91 Å². The molecule has 1 aliphatic heterocycles. The summed E-state index contributed by atoms with van der Waals surface area (Å²) >= 11 is 0. The van der Waals surface area contributed by atoms with Crippen molar-refractivity contribution >= 4 is 45.9 Å². The Morgan fingerprint density at radius 1 is 0.906 bits per heavy atom. The highest BCUT2D eigenvalue weighted by Gasteiger charge is 2.22. The minimum absolute atomic E-state index is 0.00938. The van der Waals surface area contributed by atoms with E-state index in [0.717, 1.165) is 39.7 Å². The van der Waals surface area contributed by atoms with Gasteiger partial charge >= 0.3 is 6.03 Å². The average Bonchev–Trinajstić information content (AvgIpc) is 3.82. The molecule has 3 aromatic carbocycles. The van der Waals surface area contributed by atoms with Crippen LogP contribution in [0.15, 0.2) is 97.5 Å². The number of aromatic nitrogens is 5. The molecule has 0 aliphatic carbocycles. The first-order chi connectivity index (χ1) is 25.6. The smallest absolute Gasteiger partial charge is 0.324 e. The molecule has 53 heavy (non-hydrogen) atoms. The molecule has 13 heteroatoms. The molecule has 0 saturated carbocycles. The Bertz CT molecular complexity index is 2240. The van der Waals surface area contributed by atoms with Crippen LogP contribution in [0, 0.1) is 6.92 Å². The number of rotatable bonds is 10. The molecule has 0 radical (unpaired) electrons. The number of hydrogen-bond acceptors (Lipinski definition) is 9. The average molecular weight is 712 g/mol. The molecule has 1 aliphatic rings. The second-order valence-electron chi connectivity index (χ2n) is 13.9. The zero-order chi connectivity index (χ0) is 37.0. The van der Waals surface area contributed by atoms with Gasteiger partial charge in [-0.1, -0.05) is 62.7 Å². The number of hydrogen-bond donors (Lipinski definition) is 4. The highest BCUT2D eigenvalue weighted by molar-refractivity contribution is 6.07. The van der Waals surface area contributed by atoms with E-state index in [1.165, 1.54) is 12.4 Å². The third-order valence-electron chi connectivity index (χ3n) is 8.75. The molecule has 4 N–H and O–H groups in total. The zero-order valence-corrected chi connectivity index (χ0v) is 30.0. The Kier molecular flexibility index (Phi) is 9.99. The van der Waals surface area contributed by atoms with Gasteiger partial charge in [0.1, 0.15) is 35.5 Å². The number of nitrogens with zero attached hydrogens (tertiary/aromatic N) is 5. The van der Waals surface area contributed by atoms with E-state index in [-0.39, 0.29) is 29.7 Å². The van der Waals surface area contributed by atoms with Crippen LogP contribution in [0.1, 0.15) is 54.5 Å². The van der Waals surface area contributed by atoms with E-state index in [9.17, 15) is 9.59 Å². The van der Waals surface area contributed by atoms with Crippen LogP contribution in [0.2, 0.25) is 0 Å². The molecule has 3 amide bonds. The monoisotopic (exact) mass is 711 g/mol. The Morgan fingerprint density at radius 3 is 2.45 bits per heavy atom. The number of amides is 3. The van der Waals surface area contributed by atoms with E-state index in [1.54, 1.807) is 10.9 Å². The molecule has 0 bridgehead atoms. The van der Waals surface area contributed by atoms with Gasteiger partial charge in [-0.2, -0.15) is 5.10 Å². The Hall–Kier alpha value is -6.34. The number of aryl methyl sites for hydroxylation is 1. The van der Waals surface area contributed by atoms with E-state index in [2.05, 4.69) is 57.0 Å². The number of carbonyl (C=O) groups excluding carboxylic acids is 2. The molecule has 7 rings (SSSR count). The van der Waals surface area contributed by atoms with Crippen molar-refractivity contribution in [3.8, 4) is 11.4 Å². The molecule has 0 spiro atoms. The van der Waals surface area contributed by atoms with Crippen LogP contribution < -0.4 is 26.0 Å². The second-order valence-corrected chi connectivity index (χ2v) is 13.9. The van der Waals surface area contributed by atoms with Gasteiger partial charge in [0, 0.05) is 35.1 Å². The van der Waals surface area contributed by atoms with Crippen LogP contribution in [0.25, 0.3) is 16.5 Å². The minimum Gasteiger partial charge on any atom is -0.488 e. The molecule has 1 fully saturated rings. The zero-order valence-electron chi connectivity index (χ0n) is 30.0. The number of urea groups is 1. The number of nitrogens with one attached hydrogen (secondary N) is 4. The summed E-state index contributed by atoms with van der Waals surface area (Å²) in [6, 6.07) is 24.7. The lowest BCUT2D eigenvalue weighted by Gasteiger charge is -2.15. The molecule has 6 aromatic rings. The van der Waals surface area contributed by atoms with Crippen LogP contribution in [-0.4, -0.2) is 55.9 Å². The van der Waals surface area contributed by atoms with Crippen LogP contribution >= 0.6 is 0 Å². The van der Waals surface area contributed by atoms with Crippen molar-refractivity contribution in [2.75, 3.05) is 29.2 Å². The Balaban J connectivity index is 1.01. The molecule has 1 saturated heterocycles. The van der Waals surface area contributed by atoms with Gasteiger partial charge in [-0.15, -0.1) is 0 Å². The van der Waals surface area contributed by atoms with Crippen molar-refractivity contribution in [2.24, 2.45) is 0 Å². The normalized spacial score (nSPS) is 14.2. The Morgan fingerprint density at radius 2 is 1.72 bits per heavy atom. The third kappa shape index (κ3) is 8.42. The molecule has 13 nitrogen and oxygen atoms in total. The molecule has 3 aromatic heterocycles. The van der Waals surface area contributed by atoms with Crippen molar-refractivity contribution < 1.29 is 19.1 Å². The number of ether oxygens (including phenoxy) is 2. The first kappa shape index (κ1) is 35.1. The second kappa shape index (κ2) is 15.1. The summed E-state index contributed by atoms with van der Waals surface area (Å²) in [6.07, 6.45) is 5.38. The van der Waals surface area contributed by atoms with E-state index in [4.69, 9.17) is 14.6 Å². The lowest BCUT2D eigenvalue weighted by Crippen LogP contribution is -2.35. The van der Waals surface area contributed by atoms with Crippen LogP contribution in [-0.2, 0) is 16.8 Å². The number of benzene rings is 3. The van der Waals surface area contributed by atoms with E-state index in [0.29, 0.717) is 42.1 Å². The highest BCUT2D eigenvalue weighted by atomic mass is 16.5. The van der Waals surface area contributed by atoms with E-state index >= 15 is 0 Å². The summed E-state index contributed by atoms with van der Waals surface area (Å²) in [4.78, 5) is 38.9. The fourth-order valence-electron chi connectivity index (χ4n) is 5.84. The number of fused-ring (bicyclic) bond motifs is 1. The lowest BCUT2D eigenvalue weighted by molar-refractivity contribution is 0.0924. The molecule has 270 valence electrons. The maximum Gasteiger partial charge on any atom is 0.324 e. The summed E-state index contributed by atoms with van der Waals surface area (Å²) in [5.41, 5.74) is 4.37. The Labute approximate surface area is 307 Å². The molecular weight excluding hydrogens is 670 g/mol. The molecule has 1 atom stereocenters. The quantitative estimate of drug-likeness (QED) is 0.114. The fourth-order valence-corrected chi connectivity index (χ4v) is 5.84. The van der Waals surface area contributed by atoms with Gasteiger partial charge in [0.15, 0.2) is 0 Å².